The Labute approximate surface area is 118 Å². The third kappa shape index (κ3) is 2.65. The van der Waals surface area contributed by atoms with E-state index in [1.807, 2.05) is 18.2 Å². The Morgan fingerprint density at radius 3 is 3.00 bits per heavy atom. The zero-order chi connectivity index (χ0) is 12.5. The summed E-state index contributed by atoms with van der Waals surface area (Å²) < 4.78 is 13.4. The van der Waals surface area contributed by atoms with Gasteiger partial charge in [-0.05, 0) is 31.2 Å². The van der Waals surface area contributed by atoms with Crippen LogP contribution in [0.25, 0.3) is 10.9 Å². The van der Waals surface area contributed by atoms with Gasteiger partial charge in [0.2, 0.25) is 0 Å². The number of hydrogen-bond acceptors (Lipinski definition) is 3. The van der Waals surface area contributed by atoms with Crippen LogP contribution in [-0.2, 0) is 0 Å². The van der Waals surface area contributed by atoms with Gasteiger partial charge in [-0.25, -0.2) is 4.39 Å². The summed E-state index contributed by atoms with van der Waals surface area (Å²) in [5.74, 6) is -0.284. The molecule has 2 heterocycles. The quantitative estimate of drug-likeness (QED) is 0.917. The first-order valence-electron chi connectivity index (χ1n) is 6.23. The topological polar surface area (TPSA) is 28.2 Å². The number of anilines is 1. The lowest BCUT2D eigenvalue weighted by Crippen LogP contribution is -2.33. The molecule has 0 aliphatic carbocycles. The van der Waals surface area contributed by atoms with Gasteiger partial charge in [0.05, 0.1) is 11.7 Å². The highest BCUT2D eigenvalue weighted by Crippen LogP contribution is 2.27. The van der Waals surface area contributed by atoms with Crippen molar-refractivity contribution < 1.29 is 4.39 Å². The minimum Gasteiger partial charge on any atom is -0.370 e. The Balaban J connectivity index is 0.00000133. The highest BCUT2D eigenvalue weighted by atomic mass is 35.5. The van der Waals surface area contributed by atoms with Crippen LogP contribution < -0.4 is 10.2 Å². The molecule has 2 aromatic rings. The number of benzene rings is 1. The molecule has 1 saturated heterocycles. The predicted molar refractivity (Wildman–Crippen MR) is 78.6 cm³/mol. The number of hydrogen-bond donors (Lipinski definition) is 1. The van der Waals surface area contributed by atoms with Gasteiger partial charge in [-0.2, -0.15) is 0 Å². The maximum absolute atomic E-state index is 13.4. The minimum absolute atomic E-state index is 0. The van der Waals surface area contributed by atoms with Crippen molar-refractivity contribution in [1.29, 1.82) is 0 Å². The van der Waals surface area contributed by atoms with Crippen molar-refractivity contribution in [2.24, 2.45) is 0 Å². The molecule has 1 aliphatic heterocycles. The number of nitrogens with one attached hydrogen (secondary N) is 1. The number of halogens is 2. The normalized spacial score (nSPS) is 18.3. The van der Waals surface area contributed by atoms with Crippen molar-refractivity contribution in [2.45, 2.75) is 12.5 Å². The van der Waals surface area contributed by atoms with Crippen molar-refractivity contribution in [2.75, 3.05) is 25.0 Å². The highest BCUT2D eigenvalue weighted by molar-refractivity contribution is 5.91. The smallest absolute Gasteiger partial charge is 0.142 e. The predicted octanol–water partition coefficient (Wildman–Crippen LogP) is 2.59. The fourth-order valence-corrected chi connectivity index (χ4v) is 2.58. The van der Waals surface area contributed by atoms with E-state index in [0.717, 1.165) is 36.1 Å². The lowest BCUT2D eigenvalue weighted by molar-refractivity contribution is 0.624. The average Bonchev–Trinajstić information content (AvgIpc) is 2.91. The molecule has 0 bridgehead atoms. The summed E-state index contributed by atoms with van der Waals surface area (Å²) in [6.07, 6.45) is 2.39. The molecular weight excluding hydrogens is 265 g/mol. The van der Waals surface area contributed by atoms with E-state index in [9.17, 15) is 4.39 Å². The van der Waals surface area contributed by atoms with Crippen LogP contribution in [0.5, 0.6) is 0 Å². The van der Waals surface area contributed by atoms with Crippen molar-refractivity contribution in [3.8, 4) is 0 Å². The van der Waals surface area contributed by atoms with E-state index in [1.54, 1.807) is 6.07 Å². The summed E-state index contributed by atoms with van der Waals surface area (Å²) in [6, 6.07) is 7.96. The number of rotatable bonds is 2. The summed E-state index contributed by atoms with van der Waals surface area (Å²) in [5.41, 5.74) is 1.89. The van der Waals surface area contributed by atoms with Gasteiger partial charge in [-0.1, -0.05) is 6.07 Å². The number of likely N-dealkylation sites (N-methyl/N-ethyl adjacent to an activating group) is 1. The van der Waals surface area contributed by atoms with Crippen molar-refractivity contribution in [1.82, 2.24) is 10.3 Å². The molecule has 102 valence electrons. The highest BCUT2D eigenvalue weighted by Gasteiger charge is 2.20. The maximum atomic E-state index is 13.4. The molecular formula is C14H17ClFN3. The van der Waals surface area contributed by atoms with Gasteiger partial charge in [0.15, 0.2) is 0 Å². The van der Waals surface area contributed by atoms with Crippen LogP contribution in [-0.4, -0.2) is 31.2 Å². The summed E-state index contributed by atoms with van der Waals surface area (Å²) in [7, 11) is 2.07. The van der Waals surface area contributed by atoms with Gasteiger partial charge >= 0.3 is 0 Å². The summed E-state index contributed by atoms with van der Waals surface area (Å²) >= 11 is 0. The summed E-state index contributed by atoms with van der Waals surface area (Å²) in [5, 5.41) is 4.23. The van der Waals surface area contributed by atoms with Gasteiger partial charge in [-0.15, -0.1) is 12.4 Å². The second-order valence-corrected chi connectivity index (χ2v) is 4.75. The number of pyridine rings is 1. The van der Waals surface area contributed by atoms with Crippen LogP contribution in [0.3, 0.4) is 0 Å². The zero-order valence-corrected chi connectivity index (χ0v) is 11.6. The van der Waals surface area contributed by atoms with Gasteiger partial charge in [0.1, 0.15) is 5.82 Å². The average molecular weight is 282 g/mol. The van der Waals surface area contributed by atoms with Crippen molar-refractivity contribution >= 4 is 29.0 Å². The van der Waals surface area contributed by atoms with E-state index < -0.39 is 0 Å². The SMILES string of the molecule is CN(c1cccc2ncc(F)cc12)C1CCNC1.Cl. The van der Waals surface area contributed by atoms with Crippen molar-refractivity contribution in [3.63, 3.8) is 0 Å². The van der Waals surface area contributed by atoms with Crippen LogP contribution in [0.1, 0.15) is 6.42 Å². The first kappa shape index (κ1) is 14.0. The third-order valence-electron chi connectivity index (χ3n) is 3.63. The molecule has 0 saturated carbocycles. The zero-order valence-electron chi connectivity index (χ0n) is 10.8. The molecule has 3 nitrogen and oxygen atoms in total. The number of nitrogens with zero attached hydrogens (tertiary/aromatic N) is 2. The Hall–Kier alpha value is -1.39. The molecule has 0 radical (unpaired) electrons. The van der Waals surface area contributed by atoms with Crippen LogP contribution in [0, 0.1) is 5.82 Å². The van der Waals surface area contributed by atoms with Gasteiger partial charge in [0, 0.05) is 30.7 Å². The van der Waals surface area contributed by atoms with E-state index in [4.69, 9.17) is 0 Å². The molecule has 19 heavy (non-hydrogen) atoms. The summed E-state index contributed by atoms with van der Waals surface area (Å²) in [4.78, 5) is 6.36. The number of aromatic nitrogens is 1. The first-order chi connectivity index (χ1) is 8.75. The van der Waals surface area contributed by atoms with Crippen LogP contribution in [0.2, 0.25) is 0 Å². The monoisotopic (exact) mass is 281 g/mol. The molecule has 1 N–H and O–H groups in total. The largest absolute Gasteiger partial charge is 0.370 e. The van der Waals surface area contributed by atoms with Crippen molar-refractivity contribution in [3.05, 3.63) is 36.3 Å². The van der Waals surface area contributed by atoms with Gasteiger partial charge in [-0.3, -0.25) is 4.98 Å². The van der Waals surface area contributed by atoms with Crippen LogP contribution in [0.15, 0.2) is 30.5 Å². The molecule has 1 aromatic heterocycles. The fourth-order valence-electron chi connectivity index (χ4n) is 2.58. The summed E-state index contributed by atoms with van der Waals surface area (Å²) in [6.45, 7) is 2.03. The molecule has 1 unspecified atom stereocenters. The molecule has 1 aromatic carbocycles. The molecule has 0 spiro atoms. The number of fused-ring (bicyclic) bond motifs is 1. The molecule has 1 fully saturated rings. The maximum Gasteiger partial charge on any atom is 0.142 e. The first-order valence-corrected chi connectivity index (χ1v) is 6.23. The second kappa shape index (κ2) is 5.72. The Morgan fingerprint density at radius 1 is 1.42 bits per heavy atom. The molecule has 3 rings (SSSR count). The molecule has 0 amide bonds. The van der Waals surface area contributed by atoms with E-state index in [2.05, 4.69) is 22.2 Å². The van der Waals surface area contributed by atoms with Crippen LogP contribution in [0.4, 0.5) is 10.1 Å². The lowest BCUT2D eigenvalue weighted by Gasteiger charge is -2.27. The molecule has 1 atom stereocenters. The third-order valence-corrected chi connectivity index (χ3v) is 3.63. The van der Waals surface area contributed by atoms with E-state index >= 15 is 0 Å². The lowest BCUT2D eigenvalue weighted by atomic mass is 10.1. The Kier molecular flexibility index (Phi) is 4.22. The second-order valence-electron chi connectivity index (χ2n) is 4.75. The van der Waals surface area contributed by atoms with E-state index in [-0.39, 0.29) is 18.2 Å². The Morgan fingerprint density at radius 2 is 2.26 bits per heavy atom. The van der Waals surface area contributed by atoms with Gasteiger partial charge < -0.3 is 10.2 Å². The van der Waals surface area contributed by atoms with E-state index in [0.29, 0.717) is 6.04 Å². The van der Waals surface area contributed by atoms with Gasteiger partial charge in [0.25, 0.3) is 0 Å². The fraction of sp³-hybridized carbons (Fsp3) is 0.357. The standard InChI is InChI=1S/C14H16FN3.ClH/c1-18(11-5-6-16-9-11)14-4-2-3-13-12(14)7-10(15)8-17-13;/h2-4,7-8,11,16H,5-6,9H2,1H3;1H. The van der Waals surface area contributed by atoms with Crippen LogP contribution >= 0.6 is 12.4 Å². The Bertz CT molecular complexity index is 570. The minimum atomic E-state index is -0.284. The van der Waals surface area contributed by atoms with E-state index in [1.165, 1.54) is 6.20 Å². The molecule has 5 heteroatoms. The molecule has 1 aliphatic rings.